The van der Waals surface area contributed by atoms with Gasteiger partial charge in [0.2, 0.25) is 23.4 Å². The first kappa shape index (κ1) is 26.9. The largest absolute Gasteiger partial charge is 0.378 e. The monoisotopic (exact) mass is 532 g/mol. The maximum absolute atomic E-state index is 13.6. The summed E-state index contributed by atoms with van der Waals surface area (Å²) in [6.07, 6.45) is 2.20. The van der Waals surface area contributed by atoms with E-state index in [0.29, 0.717) is 44.7 Å². The van der Waals surface area contributed by atoms with Crippen LogP contribution in [0.15, 0.2) is 34.9 Å². The number of sulfone groups is 1. The number of carbonyl (C=O) groups is 3. The molecule has 2 atom stereocenters. The van der Waals surface area contributed by atoms with E-state index < -0.39 is 32.9 Å². The number of rotatable bonds is 11. The smallest absolute Gasteiger partial charge is 0.296 e. The van der Waals surface area contributed by atoms with Gasteiger partial charge < -0.3 is 19.1 Å². The molecule has 1 saturated heterocycles. The number of benzene rings is 1. The zero-order valence-corrected chi connectivity index (χ0v) is 21.9. The third-order valence-electron chi connectivity index (χ3n) is 6.64. The van der Waals surface area contributed by atoms with Gasteiger partial charge in [0.25, 0.3) is 5.89 Å². The fraction of sp³-hybridized carbons (Fsp3) is 0.560. The molecule has 11 nitrogen and oxygen atoms in total. The van der Waals surface area contributed by atoms with Crippen molar-refractivity contribution in [3.8, 4) is 11.4 Å². The summed E-state index contributed by atoms with van der Waals surface area (Å²) in [5, 5.41) is 2.73. The Hall–Kier alpha value is -3.12. The first-order valence-corrected chi connectivity index (χ1v) is 14.4. The van der Waals surface area contributed by atoms with Crippen LogP contribution in [0, 0.1) is 5.92 Å². The number of amides is 2. The van der Waals surface area contributed by atoms with Crippen LogP contribution in [0.1, 0.15) is 49.7 Å². The van der Waals surface area contributed by atoms with Crippen LogP contribution in [0.2, 0.25) is 0 Å². The van der Waals surface area contributed by atoms with Gasteiger partial charge in [-0.1, -0.05) is 42.4 Å². The van der Waals surface area contributed by atoms with E-state index >= 15 is 0 Å². The summed E-state index contributed by atoms with van der Waals surface area (Å²) < 4.78 is 36.2. The van der Waals surface area contributed by atoms with Gasteiger partial charge in [0.1, 0.15) is 11.4 Å². The summed E-state index contributed by atoms with van der Waals surface area (Å²) in [6.45, 7) is 3.46. The highest BCUT2D eigenvalue weighted by molar-refractivity contribution is 7.91. The lowest BCUT2D eigenvalue weighted by atomic mass is 10.1. The molecule has 1 aromatic heterocycles. The topological polar surface area (TPSA) is 140 Å². The van der Waals surface area contributed by atoms with Crippen molar-refractivity contribution in [3.05, 3.63) is 36.2 Å². The number of nitrogens with zero attached hydrogens (tertiary/aromatic N) is 4. The molecular weight excluding hydrogens is 500 g/mol. The van der Waals surface area contributed by atoms with Crippen LogP contribution in [-0.4, -0.2) is 89.9 Å². The van der Waals surface area contributed by atoms with Crippen molar-refractivity contribution >= 4 is 27.4 Å². The number of morpholine rings is 1. The Morgan fingerprint density at radius 3 is 2.38 bits per heavy atom. The number of ether oxygens (including phenoxy) is 1. The molecule has 4 rings (SSSR count). The summed E-state index contributed by atoms with van der Waals surface area (Å²) in [5.41, 5.74) is 0.653. The van der Waals surface area contributed by atoms with Gasteiger partial charge in [-0.2, -0.15) is 4.98 Å². The molecule has 0 N–H and O–H groups in total. The molecule has 200 valence electrons. The molecule has 1 unspecified atom stereocenters. The second kappa shape index (κ2) is 11.5. The SMILES string of the molecule is CCC(C(=O)c1nc(-c2ccccc2)no1)N(C(=O)CCC(=O)N1CCOCC1)[C@H](C1CC1)S(C)(=O)=O. The molecule has 1 aliphatic heterocycles. The van der Waals surface area contributed by atoms with Crippen molar-refractivity contribution in [2.75, 3.05) is 32.6 Å². The minimum atomic E-state index is -3.74. The Bertz CT molecular complexity index is 1220. The molecule has 1 aliphatic carbocycles. The van der Waals surface area contributed by atoms with Gasteiger partial charge in [-0.25, -0.2) is 8.42 Å². The number of hydrogen-bond acceptors (Lipinski definition) is 9. The van der Waals surface area contributed by atoms with Crippen molar-refractivity contribution in [2.45, 2.75) is 50.4 Å². The Morgan fingerprint density at radius 1 is 1.11 bits per heavy atom. The lowest BCUT2D eigenvalue weighted by molar-refractivity contribution is -0.140. The van der Waals surface area contributed by atoms with Gasteiger partial charge in [-0.3, -0.25) is 14.4 Å². The van der Waals surface area contributed by atoms with E-state index in [1.807, 2.05) is 6.07 Å². The molecule has 1 saturated carbocycles. The van der Waals surface area contributed by atoms with Crippen molar-refractivity contribution < 1.29 is 32.1 Å². The molecule has 0 spiro atoms. The molecule has 2 aliphatic rings. The van der Waals surface area contributed by atoms with Crippen LogP contribution < -0.4 is 0 Å². The first-order chi connectivity index (χ1) is 17.7. The Kier molecular flexibility index (Phi) is 8.38. The third-order valence-corrected chi connectivity index (χ3v) is 8.13. The number of ketones is 1. The Morgan fingerprint density at radius 2 is 1.78 bits per heavy atom. The van der Waals surface area contributed by atoms with E-state index in [4.69, 9.17) is 9.26 Å². The maximum Gasteiger partial charge on any atom is 0.296 e. The minimum Gasteiger partial charge on any atom is -0.378 e. The third kappa shape index (κ3) is 6.42. The van der Waals surface area contributed by atoms with E-state index in [1.54, 1.807) is 36.1 Å². The van der Waals surface area contributed by atoms with E-state index in [0.717, 1.165) is 11.2 Å². The highest BCUT2D eigenvalue weighted by Crippen LogP contribution is 2.39. The molecule has 2 aromatic rings. The molecule has 1 aromatic carbocycles. The predicted octanol–water partition coefficient (Wildman–Crippen LogP) is 1.95. The second-order valence-corrected chi connectivity index (χ2v) is 11.6. The van der Waals surface area contributed by atoms with Crippen molar-refractivity contribution in [1.29, 1.82) is 0 Å². The predicted molar refractivity (Wildman–Crippen MR) is 133 cm³/mol. The van der Waals surface area contributed by atoms with Gasteiger partial charge in [-0.15, -0.1) is 0 Å². The average molecular weight is 533 g/mol. The molecule has 12 heteroatoms. The lowest BCUT2D eigenvalue weighted by Crippen LogP contribution is -2.54. The Labute approximate surface area is 216 Å². The molecule has 0 bridgehead atoms. The highest BCUT2D eigenvalue weighted by Gasteiger charge is 2.48. The first-order valence-electron chi connectivity index (χ1n) is 12.5. The quantitative estimate of drug-likeness (QED) is 0.397. The molecule has 0 radical (unpaired) electrons. The van der Waals surface area contributed by atoms with Crippen LogP contribution in [-0.2, 0) is 24.2 Å². The van der Waals surface area contributed by atoms with Crippen LogP contribution in [0.25, 0.3) is 11.4 Å². The normalized spacial score (nSPS) is 17.7. The summed E-state index contributed by atoms with van der Waals surface area (Å²) in [7, 11) is -3.74. The van der Waals surface area contributed by atoms with Crippen molar-refractivity contribution in [2.24, 2.45) is 5.92 Å². The molecule has 2 fully saturated rings. The van der Waals surface area contributed by atoms with Crippen LogP contribution in [0.5, 0.6) is 0 Å². The average Bonchev–Trinajstić information content (AvgIpc) is 3.60. The number of Topliss-reactive ketones (excluding diaryl/α,β-unsaturated/α-hetero) is 1. The number of carbonyl (C=O) groups excluding carboxylic acids is 3. The Balaban J connectivity index is 1.59. The standard InChI is InChI=1S/C25H32N4O7S/c1-3-19(22(32)24-26-23(27-36-24)17-7-5-4-6-8-17)29(25(18-9-10-18)37(2,33)34)21(31)12-11-20(30)28-13-15-35-16-14-28/h4-8,18-19,25H,3,9-16H2,1-2H3/t19?,25-/m0/s1. The molecule has 2 heterocycles. The van der Waals surface area contributed by atoms with E-state index in [9.17, 15) is 22.8 Å². The van der Waals surface area contributed by atoms with Gasteiger partial charge in [0.15, 0.2) is 9.84 Å². The van der Waals surface area contributed by atoms with Crippen LogP contribution in [0.4, 0.5) is 0 Å². The zero-order valence-electron chi connectivity index (χ0n) is 21.0. The summed E-state index contributed by atoms with van der Waals surface area (Å²) in [5.74, 6) is -1.74. The summed E-state index contributed by atoms with van der Waals surface area (Å²) in [6, 6.07) is 7.84. The van der Waals surface area contributed by atoms with Crippen LogP contribution in [0.3, 0.4) is 0 Å². The van der Waals surface area contributed by atoms with Gasteiger partial charge in [-0.05, 0) is 25.2 Å². The highest BCUT2D eigenvalue weighted by atomic mass is 32.2. The van der Waals surface area contributed by atoms with Gasteiger partial charge in [0.05, 0.1) is 13.2 Å². The van der Waals surface area contributed by atoms with Gasteiger partial charge in [0, 0.05) is 37.8 Å². The van der Waals surface area contributed by atoms with E-state index in [2.05, 4.69) is 10.1 Å². The fourth-order valence-electron chi connectivity index (χ4n) is 4.65. The summed E-state index contributed by atoms with van der Waals surface area (Å²) >= 11 is 0. The molecule has 37 heavy (non-hydrogen) atoms. The van der Waals surface area contributed by atoms with E-state index in [-0.39, 0.29) is 42.8 Å². The molecule has 2 amide bonds. The van der Waals surface area contributed by atoms with Gasteiger partial charge >= 0.3 is 0 Å². The minimum absolute atomic E-state index is 0.0835. The maximum atomic E-state index is 13.6. The second-order valence-electron chi connectivity index (χ2n) is 9.43. The number of aromatic nitrogens is 2. The lowest BCUT2D eigenvalue weighted by Gasteiger charge is -2.36. The van der Waals surface area contributed by atoms with E-state index in [1.165, 1.54) is 0 Å². The van der Waals surface area contributed by atoms with Crippen molar-refractivity contribution in [1.82, 2.24) is 19.9 Å². The molecular formula is C25H32N4O7S. The summed E-state index contributed by atoms with van der Waals surface area (Å²) in [4.78, 5) is 46.8. The number of hydrogen-bond donors (Lipinski definition) is 0. The van der Waals surface area contributed by atoms with Crippen LogP contribution >= 0.6 is 0 Å². The fourth-order valence-corrected chi connectivity index (χ4v) is 6.30. The zero-order chi connectivity index (χ0) is 26.6. The van der Waals surface area contributed by atoms with Crippen molar-refractivity contribution in [3.63, 3.8) is 0 Å².